The molecule has 0 saturated carbocycles. The quantitative estimate of drug-likeness (QED) is 0.355. The molecule has 104 valence electrons. The van der Waals surface area contributed by atoms with Crippen LogP contribution in [0.5, 0.6) is 0 Å². The van der Waals surface area contributed by atoms with Crippen molar-refractivity contribution in [1.82, 2.24) is 0 Å². The average Bonchev–Trinajstić information content (AvgIpc) is 2.15. The Morgan fingerprint density at radius 3 is 1.83 bits per heavy atom. The van der Waals surface area contributed by atoms with Gasteiger partial charge in [0.15, 0.2) is 9.84 Å². The molecule has 0 amide bonds. The summed E-state index contributed by atoms with van der Waals surface area (Å²) < 4.78 is 31.6. The molecule has 0 aliphatic carbocycles. The van der Waals surface area contributed by atoms with Crippen LogP contribution in [0.15, 0.2) is 29.2 Å². The van der Waals surface area contributed by atoms with Crippen molar-refractivity contribution in [3.8, 4) is 0 Å². The van der Waals surface area contributed by atoms with Gasteiger partial charge in [-0.15, -0.1) is 0 Å². The van der Waals surface area contributed by atoms with Crippen LogP contribution in [0.3, 0.4) is 0 Å². The zero-order valence-electron chi connectivity index (χ0n) is 9.17. The highest BCUT2D eigenvalue weighted by Gasteiger charge is 2.12. The summed E-state index contributed by atoms with van der Waals surface area (Å²) >= 11 is 0. The van der Waals surface area contributed by atoms with Crippen molar-refractivity contribution < 1.29 is 32.8 Å². The van der Waals surface area contributed by atoms with E-state index in [1.54, 1.807) is 0 Å². The van der Waals surface area contributed by atoms with E-state index in [1.807, 2.05) is 0 Å². The maximum Gasteiger partial charge on any atom is 0.466 e. The van der Waals surface area contributed by atoms with Crippen molar-refractivity contribution in [3.63, 3.8) is 0 Å². The normalized spacial score (nSPS) is 11.6. The van der Waals surface area contributed by atoms with Crippen molar-refractivity contribution in [2.24, 2.45) is 0 Å². The number of aliphatic hydroxyl groups excluding tert-OH is 1. The summed E-state index contributed by atoms with van der Waals surface area (Å²) in [5.41, 5.74) is 5.92. The second-order valence-corrected chi connectivity index (χ2v) is 6.26. The van der Waals surface area contributed by atoms with E-state index in [0.717, 1.165) is 0 Å². The van der Waals surface area contributed by atoms with Crippen LogP contribution in [-0.2, 0) is 14.4 Å². The Morgan fingerprint density at radius 1 is 1.11 bits per heavy atom. The molecule has 0 aliphatic heterocycles. The number of nitrogen functional groups attached to an aromatic ring is 1. The number of aliphatic hydroxyl groups is 1. The minimum absolute atomic E-state index is 0.191. The number of anilines is 1. The summed E-state index contributed by atoms with van der Waals surface area (Å²) in [7, 11) is -7.97. The van der Waals surface area contributed by atoms with Crippen LogP contribution in [-0.4, -0.2) is 40.6 Å². The third-order valence-electron chi connectivity index (χ3n) is 1.60. The maximum absolute atomic E-state index is 11.3. The number of sulfone groups is 1. The van der Waals surface area contributed by atoms with E-state index in [1.165, 1.54) is 24.3 Å². The Hall–Kier alpha value is -0.960. The first kappa shape index (κ1) is 17.0. The van der Waals surface area contributed by atoms with Gasteiger partial charge in [0.05, 0.1) is 17.3 Å². The predicted molar refractivity (Wildman–Crippen MR) is 64.3 cm³/mol. The predicted octanol–water partition coefficient (Wildman–Crippen LogP) is -0.894. The van der Waals surface area contributed by atoms with Gasteiger partial charge in [0.2, 0.25) is 0 Å². The van der Waals surface area contributed by atoms with Gasteiger partial charge < -0.3 is 25.5 Å². The fraction of sp³-hybridized carbons (Fsp3) is 0.250. The highest BCUT2D eigenvalue weighted by Crippen LogP contribution is 2.25. The molecular weight excluding hydrogens is 285 g/mol. The average molecular weight is 299 g/mol. The van der Waals surface area contributed by atoms with Crippen LogP contribution >= 0.6 is 7.82 Å². The van der Waals surface area contributed by atoms with E-state index in [-0.39, 0.29) is 17.3 Å². The lowest BCUT2D eigenvalue weighted by atomic mass is 10.3. The first-order valence-corrected chi connectivity index (χ1v) is 7.75. The third-order valence-corrected chi connectivity index (χ3v) is 3.31. The van der Waals surface area contributed by atoms with E-state index < -0.39 is 17.7 Å². The van der Waals surface area contributed by atoms with E-state index >= 15 is 0 Å². The Bertz CT molecular complexity index is 498. The second-order valence-electron chi connectivity index (χ2n) is 3.12. The number of hydrogen-bond donors (Lipinski definition) is 5. The second kappa shape index (κ2) is 6.83. The van der Waals surface area contributed by atoms with Crippen LogP contribution in [0, 0.1) is 0 Å². The number of rotatable bonds is 3. The van der Waals surface area contributed by atoms with E-state index in [9.17, 15) is 8.42 Å². The Balaban J connectivity index is 0.000000494. The first-order chi connectivity index (χ1) is 8.06. The van der Waals surface area contributed by atoms with Crippen LogP contribution in [0.4, 0.5) is 5.69 Å². The zero-order valence-corrected chi connectivity index (χ0v) is 10.9. The Labute approximate surface area is 104 Å². The van der Waals surface area contributed by atoms with Gasteiger partial charge in [0.1, 0.15) is 0 Å². The monoisotopic (exact) mass is 299 g/mol. The Kier molecular flexibility index (Phi) is 6.47. The lowest BCUT2D eigenvalue weighted by Crippen LogP contribution is -2.09. The Morgan fingerprint density at radius 2 is 1.50 bits per heavy atom. The molecule has 1 aromatic carbocycles. The largest absolute Gasteiger partial charge is 0.466 e. The van der Waals surface area contributed by atoms with Gasteiger partial charge in [0, 0.05) is 5.69 Å². The molecule has 0 unspecified atom stereocenters. The number of nitrogens with two attached hydrogens (primary N) is 1. The lowest BCUT2D eigenvalue weighted by Gasteiger charge is -2.01. The highest BCUT2D eigenvalue weighted by atomic mass is 32.2. The van der Waals surface area contributed by atoms with Gasteiger partial charge in [0.25, 0.3) is 0 Å². The minimum atomic E-state index is -4.64. The standard InChI is InChI=1S/C8H11NO3S.H3O4P/c9-7-1-3-8(4-2-7)13(11,12)6-5-10;1-5(2,3)4/h1-4,10H,5-6,9H2;(H3,1,2,3,4). The van der Waals surface area contributed by atoms with Crippen LogP contribution in [0.2, 0.25) is 0 Å². The maximum atomic E-state index is 11.3. The fourth-order valence-electron chi connectivity index (χ4n) is 0.913. The smallest absolute Gasteiger partial charge is 0.399 e. The summed E-state index contributed by atoms with van der Waals surface area (Å²) in [6.07, 6.45) is 0. The zero-order chi connectivity index (χ0) is 14.4. The molecule has 0 radical (unpaired) electrons. The van der Waals surface area contributed by atoms with E-state index in [4.69, 9.17) is 30.1 Å². The van der Waals surface area contributed by atoms with Gasteiger partial charge in [-0.3, -0.25) is 0 Å². The summed E-state index contributed by atoms with van der Waals surface area (Å²) in [6, 6.07) is 5.90. The number of benzene rings is 1. The van der Waals surface area contributed by atoms with Crippen molar-refractivity contribution in [2.45, 2.75) is 4.90 Å². The molecule has 0 heterocycles. The molecule has 0 aliphatic rings. The van der Waals surface area contributed by atoms with Gasteiger partial charge in [-0.1, -0.05) is 0 Å². The molecule has 8 nitrogen and oxygen atoms in total. The van der Waals surface area contributed by atoms with E-state index in [0.29, 0.717) is 5.69 Å². The summed E-state index contributed by atoms with van der Waals surface area (Å²) in [5.74, 6) is -0.253. The summed E-state index contributed by atoms with van der Waals surface area (Å²) in [5, 5.41) is 8.51. The molecule has 1 aromatic rings. The first-order valence-electron chi connectivity index (χ1n) is 4.53. The molecule has 1 rings (SSSR count). The molecule has 0 bridgehead atoms. The lowest BCUT2D eigenvalue weighted by molar-refractivity contribution is 0.275. The van der Waals surface area contributed by atoms with Crippen molar-refractivity contribution in [1.29, 1.82) is 0 Å². The van der Waals surface area contributed by atoms with Crippen LogP contribution in [0.1, 0.15) is 0 Å². The van der Waals surface area contributed by atoms with Gasteiger partial charge >= 0.3 is 7.82 Å². The minimum Gasteiger partial charge on any atom is -0.399 e. The van der Waals surface area contributed by atoms with Crippen molar-refractivity contribution in [3.05, 3.63) is 24.3 Å². The molecule has 18 heavy (non-hydrogen) atoms. The topological polar surface area (TPSA) is 158 Å². The molecule has 10 heteroatoms. The summed E-state index contributed by atoms with van der Waals surface area (Å²) in [6.45, 7) is -0.368. The summed E-state index contributed by atoms with van der Waals surface area (Å²) in [4.78, 5) is 21.8. The molecule has 0 spiro atoms. The molecule has 0 atom stereocenters. The van der Waals surface area contributed by atoms with E-state index in [2.05, 4.69) is 0 Å². The fourth-order valence-corrected chi connectivity index (χ4v) is 1.94. The van der Waals surface area contributed by atoms with Gasteiger partial charge in [-0.25, -0.2) is 13.0 Å². The van der Waals surface area contributed by atoms with Crippen LogP contribution in [0.25, 0.3) is 0 Å². The van der Waals surface area contributed by atoms with Gasteiger partial charge in [-0.05, 0) is 24.3 Å². The molecule has 0 saturated heterocycles. The third kappa shape index (κ3) is 8.18. The highest BCUT2D eigenvalue weighted by molar-refractivity contribution is 7.91. The molecule has 0 aromatic heterocycles. The van der Waals surface area contributed by atoms with Gasteiger partial charge in [-0.2, -0.15) is 0 Å². The number of hydrogen-bond acceptors (Lipinski definition) is 5. The van der Waals surface area contributed by atoms with Crippen molar-refractivity contribution in [2.75, 3.05) is 18.1 Å². The molecular formula is C8H14NO7PS. The van der Waals surface area contributed by atoms with Crippen molar-refractivity contribution >= 4 is 23.3 Å². The van der Waals surface area contributed by atoms with Crippen LogP contribution < -0.4 is 5.73 Å². The SMILES string of the molecule is Nc1ccc(S(=O)(=O)CCO)cc1.O=P(O)(O)O. The number of phosphoric acid groups is 1. The molecule has 6 N–H and O–H groups in total. The molecule has 0 fully saturated rings.